The standard InChI is InChI=1S/C24H28N4O3/c1-27-14-20(18-9-6-10-19(13-18)31-2)22-23(27)24(30)28(16-26-22)15-21(29)25-12-11-17-7-4-3-5-8-17/h6-7,9-10,13-14,16H,3-5,8,11-12,15H2,1-2H3,(H,25,29). The highest BCUT2D eigenvalue weighted by atomic mass is 16.5. The molecule has 0 bridgehead atoms. The monoisotopic (exact) mass is 420 g/mol. The van der Waals surface area contributed by atoms with Crippen LogP contribution in [0.2, 0.25) is 0 Å². The van der Waals surface area contributed by atoms with Crippen molar-refractivity contribution in [2.24, 2.45) is 7.05 Å². The van der Waals surface area contributed by atoms with Gasteiger partial charge in [0.25, 0.3) is 5.56 Å². The Morgan fingerprint density at radius 1 is 1.29 bits per heavy atom. The van der Waals surface area contributed by atoms with Gasteiger partial charge in [0.05, 0.1) is 13.4 Å². The predicted octanol–water partition coefficient (Wildman–Crippen LogP) is 3.42. The van der Waals surface area contributed by atoms with Crippen molar-refractivity contribution in [1.82, 2.24) is 19.4 Å². The maximum atomic E-state index is 13.1. The lowest BCUT2D eigenvalue weighted by Crippen LogP contribution is -2.33. The second-order valence-corrected chi connectivity index (χ2v) is 7.97. The number of aromatic nitrogens is 3. The Bertz CT molecular complexity index is 1190. The first-order valence-corrected chi connectivity index (χ1v) is 10.7. The van der Waals surface area contributed by atoms with E-state index in [1.54, 1.807) is 11.7 Å². The molecule has 1 N–H and O–H groups in total. The van der Waals surface area contributed by atoms with E-state index in [-0.39, 0.29) is 18.0 Å². The molecule has 0 radical (unpaired) electrons. The molecule has 1 amide bonds. The number of carbonyl (C=O) groups excluding carboxylic acids is 1. The van der Waals surface area contributed by atoms with Crippen molar-refractivity contribution < 1.29 is 9.53 Å². The van der Waals surface area contributed by atoms with Gasteiger partial charge in [-0.25, -0.2) is 4.98 Å². The lowest BCUT2D eigenvalue weighted by molar-refractivity contribution is -0.121. The quantitative estimate of drug-likeness (QED) is 0.594. The number of hydrogen-bond acceptors (Lipinski definition) is 4. The van der Waals surface area contributed by atoms with E-state index in [4.69, 9.17) is 4.74 Å². The zero-order valence-electron chi connectivity index (χ0n) is 18.1. The second kappa shape index (κ2) is 9.20. The minimum Gasteiger partial charge on any atom is -0.497 e. The highest BCUT2D eigenvalue weighted by Gasteiger charge is 2.16. The number of fused-ring (bicyclic) bond motifs is 1. The molecule has 1 aliphatic carbocycles. The molecule has 1 aliphatic rings. The maximum absolute atomic E-state index is 13.1. The van der Waals surface area contributed by atoms with E-state index in [2.05, 4.69) is 16.4 Å². The molecular weight excluding hydrogens is 392 g/mol. The topological polar surface area (TPSA) is 78.1 Å². The smallest absolute Gasteiger partial charge is 0.278 e. The Balaban J connectivity index is 1.51. The molecule has 7 heteroatoms. The average Bonchev–Trinajstić information content (AvgIpc) is 3.13. The minimum absolute atomic E-state index is 0.0412. The van der Waals surface area contributed by atoms with Crippen molar-refractivity contribution in [3.05, 3.63) is 58.8 Å². The number of allylic oxidation sites excluding steroid dienone is 1. The summed E-state index contributed by atoms with van der Waals surface area (Å²) in [5, 5.41) is 2.92. The predicted molar refractivity (Wildman–Crippen MR) is 121 cm³/mol. The summed E-state index contributed by atoms with van der Waals surface area (Å²) in [6.45, 7) is 0.555. The number of carbonyl (C=O) groups is 1. The van der Waals surface area contributed by atoms with E-state index in [1.807, 2.05) is 37.5 Å². The van der Waals surface area contributed by atoms with Gasteiger partial charge in [0.2, 0.25) is 5.91 Å². The summed E-state index contributed by atoms with van der Waals surface area (Å²) in [5.74, 6) is 0.561. The summed E-state index contributed by atoms with van der Waals surface area (Å²) in [4.78, 5) is 30.0. The van der Waals surface area contributed by atoms with Crippen LogP contribution in [-0.4, -0.2) is 33.7 Å². The summed E-state index contributed by atoms with van der Waals surface area (Å²) in [5.41, 5.74) is 4.05. The number of aryl methyl sites for hydroxylation is 1. The van der Waals surface area contributed by atoms with Gasteiger partial charge < -0.3 is 14.6 Å². The molecule has 0 aliphatic heterocycles. The Morgan fingerprint density at radius 3 is 2.94 bits per heavy atom. The van der Waals surface area contributed by atoms with Gasteiger partial charge in [-0.1, -0.05) is 23.8 Å². The van der Waals surface area contributed by atoms with E-state index in [1.165, 1.54) is 29.3 Å². The Labute approximate surface area is 181 Å². The number of nitrogens with zero attached hydrogens (tertiary/aromatic N) is 3. The number of rotatable bonds is 7. The fourth-order valence-electron chi connectivity index (χ4n) is 4.13. The molecule has 0 saturated heterocycles. The van der Waals surface area contributed by atoms with Gasteiger partial charge in [-0.3, -0.25) is 14.2 Å². The van der Waals surface area contributed by atoms with Gasteiger partial charge >= 0.3 is 0 Å². The molecule has 31 heavy (non-hydrogen) atoms. The van der Waals surface area contributed by atoms with E-state index < -0.39 is 0 Å². The molecule has 0 atom stereocenters. The lowest BCUT2D eigenvalue weighted by Gasteiger charge is -2.13. The molecule has 1 aromatic carbocycles. The Morgan fingerprint density at radius 2 is 2.16 bits per heavy atom. The zero-order valence-corrected chi connectivity index (χ0v) is 18.1. The Kier molecular flexibility index (Phi) is 6.21. The van der Waals surface area contributed by atoms with Gasteiger partial charge in [-0.15, -0.1) is 0 Å². The summed E-state index contributed by atoms with van der Waals surface area (Å²) < 4.78 is 8.45. The van der Waals surface area contributed by atoms with Gasteiger partial charge in [0, 0.05) is 25.4 Å². The van der Waals surface area contributed by atoms with E-state index >= 15 is 0 Å². The molecular formula is C24H28N4O3. The number of benzene rings is 1. The van der Waals surface area contributed by atoms with Crippen LogP contribution in [0.25, 0.3) is 22.2 Å². The molecule has 0 spiro atoms. The molecule has 0 unspecified atom stereocenters. The Hall–Kier alpha value is -3.35. The van der Waals surface area contributed by atoms with Crippen LogP contribution in [0.1, 0.15) is 32.1 Å². The molecule has 2 heterocycles. The number of amides is 1. The molecule has 0 saturated carbocycles. The highest BCUT2D eigenvalue weighted by molar-refractivity contribution is 5.92. The van der Waals surface area contributed by atoms with Gasteiger partial charge in [-0.05, 0) is 49.8 Å². The van der Waals surface area contributed by atoms with Gasteiger partial charge in [-0.2, -0.15) is 0 Å². The second-order valence-electron chi connectivity index (χ2n) is 7.97. The highest BCUT2D eigenvalue weighted by Crippen LogP contribution is 2.29. The largest absolute Gasteiger partial charge is 0.497 e. The van der Waals surface area contributed by atoms with Gasteiger partial charge in [0.1, 0.15) is 23.3 Å². The van der Waals surface area contributed by atoms with E-state index in [9.17, 15) is 9.59 Å². The van der Waals surface area contributed by atoms with Crippen LogP contribution < -0.4 is 15.6 Å². The number of nitrogens with one attached hydrogen (secondary N) is 1. The molecule has 0 fully saturated rings. The lowest BCUT2D eigenvalue weighted by atomic mass is 9.97. The summed E-state index contributed by atoms with van der Waals surface area (Å²) >= 11 is 0. The first kappa shape index (κ1) is 20.9. The van der Waals surface area contributed by atoms with Crippen LogP contribution in [-0.2, 0) is 18.4 Å². The summed E-state index contributed by atoms with van der Waals surface area (Å²) in [6.07, 6.45) is 11.3. The minimum atomic E-state index is -0.230. The van der Waals surface area contributed by atoms with E-state index in [0.717, 1.165) is 36.1 Å². The molecule has 3 aromatic rings. The van der Waals surface area contributed by atoms with Crippen LogP contribution in [0.5, 0.6) is 5.75 Å². The van der Waals surface area contributed by atoms with Crippen molar-refractivity contribution >= 4 is 16.9 Å². The first-order chi connectivity index (χ1) is 15.1. The number of hydrogen-bond donors (Lipinski definition) is 1. The van der Waals surface area contributed by atoms with E-state index in [0.29, 0.717) is 17.6 Å². The molecule has 162 valence electrons. The molecule has 2 aromatic heterocycles. The molecule has 7 nitrogen and oxygen atoms in total. The van der Waals surface area contributed by atoms with Crippen LogP contribution >= 0.6 is 0 Å². The third kappa shape index (κ3) is 4.55. The SMILES string of the molecule is COc1cccc(-c2cn(C)c3c(=O)n(CC(=O)NCCC4=CCCCC4)cnc23)c1. The third-order valence-electron chi connectivity index (χ3n) is 5.79. The normalized spacial score (nSPS) is 13.8. The fourth-order valence-corrected chi connectivity index (χ4v) is 4.13. The van der Waals surface area contributed by atoms with Crippen molar-refractivity contribution in [3.63, 3.8) is 0 Å². The van der Waals surface area contributed by atoms with Crippen LogP contribution in [0.3, 0.4) is 0 Å². The van der Waals surface area contributed by atoms with Crippen molar-refractivity contribution in [1.29, 1.82) is 0 Å². The summed E-state index contributed by atoms with van der Waals surface area (Å²) in [7, 11) is 3.44. The van der Waals surface area contributed by atoms with Crippen LogP contribution in [0.15, 0.2) is 53.2 Å². The van der Waals surface area contributed by atoms with Crippen LogP contribution in [0.4, 0.5) is 0 Å². The van der Waals surface area contributed by atoms with Crippen LogP contribution in [0, 0.1) is 0 Å². The van der Waals surface area contributed by atoms with Crippen molar-refractivity contribution in [2.75, 3.05) is 13.7 Å². The summed E-state index contributed by atoms with van der Waals surface area (Å²) in [6, 6.07) is 7.65. The number of ether oxygens (including phenoxy) is 1. The number of methoxy groups -OCH3 is 1. The maximum Gasteiger partial charge on any atom is 0.278 e. The average molecular weight is 421 g/mol. The van der Waals surface area contributed by atoms with Crippen molar-refractivity contribution in [3.8, 4) is 16.9 Å². The molecule has 4 rings (SSSR count). The third-order valence-corrected chi connectivity index (χ3v) is 5.79. The zero-order chi connectivity index (χ0) is 21.8. The fraction of sp³-hybridized carbons (Fsp3) is 0.375. The first-order valence-electron chi connectivity index (χ1n) is 10.7. The van der Waals surface area contributed by atoms with Gasteiger partial charge in [0.15, 0.2) is 0 Å². The van der Waals surface area contributed by atoms with Crippen molar-refractivity contribution in [2.45, 2.75) is 38.6 Å².